The molecule has 0 nitrogen and oxygen atoms in total. The summed E-state index contributed by atoms with van der Waals surface area (Å²) in [4.78, 5) is 0. The molecule has 1 aromatic carbocycles. The monoisotopic (exact) mass is 460 g/mol. The van der Waals surface area contributed by atoms with Gasteiger partial charge in [0.25, 0.3) is 0 Å². The van der Waals surface area contributed by atoms with Crippen LogP contribution >= 0.6 is 11.6 Å². The molecule has 0 saturated heterocycles. The van der Waals surface area contributed by atoms with Crippen molar-refractivity contribution in [2.75, 3.05) is 0 Å². The van der Waals surface area contributed by atoms with Crippen molar-refractivity contribution in [1.29, 1.82) is 0 Å². The van der Waals surface area contributed by atoms with Crippen molar-refractivity contribution in [1.82, 2.24) is 0 Å². The molecule has 0 N–H and O–H groups in total. The van der Waals surface area contributed by atoms with Crippen molar-refractivity contribution in [3.05, 3.63) is 40.6 Å². The van der Waals surface area contributed by atoms with Crippen molar-refractivity contribution in [3.8, 4) is 11.5 Å². The Morgan fingerprint density at radius 2 is 1.48 bits per heavy atom. The summed E-state index contributed by atoms with van der Waals surface area (Å²) in [6, 6.07) is 11.0. The molecular weight excluding hydrogens is 420 g/mol. The Morgan fingerprint density at radius 3 is 2.03 bits per heavy atom. The SMILES string of the molecule is C[Si](C)(C)C#CC1([Si](C)(C)CC[Si](C)(C)/C=C/c2ccc(Cl)cc2)CCCCC1. The van der Waals surface area contributed by atoms with Gasteiger partial charge in [0.2, 0.25) is 0 Å². The zero-order valence-electron chi connectivity index (χ0n) is 19.8. The molecule has 160 valence electrons. The number of hydrogen-bond acceptors (Lipinski definition) is 0. The summed E-state index contributed by atoms with van der Waals surface area (Å²) >= 11 is 6.02. The highest BCUT2D eigenvalue weighted by molar-refractivity contribution is 6.87. The fourth-order valence-corrected chi connectivity index (χ4v) is 13.6. The average molecular weight is 461 g/mol. The molecule has 1 saturated carbocycles. The number of halogens is 1. The van der Waals surface area contributed by atoms with E-state index >= 15 is 0 Å². The predicted molar refractivity (Wildman–Crippen MR) is 142 cm³/mol. The average Bonchev–Trinajstić information content (AvgIpc) is 2.65. The first-order valence-corrected chi connectivity index (χ1v) is 21.7. The maximum Gasteiger partial charge on any atom is 0.129 e. The van der Waals surface area contributed by atoms with Crippen LogP contribution in [0.5, 0.6) is 0 Å². The molecule has 0 amide bonds. The van der Waals surface area contributed by atoms with Gasteiger partial charge in [-0.2, -0.15) is 0 Å². The molecule has 0 atom stereocenters. The molecule has 0 aromatic heterocycles. The Hall–Kier alpha value is -0.539. The Kier molecular flexibility index (Phi) is 8.29. The maximum atomic E-state index is 6.02. The first-order chi connectivity index (χ1) is 13.3. The summed E-state index contributed by atoms with van der Waals surface area (Å²) in [6.45, 7) is 17.5. The second kappa shape index (κ2) is 9.73. The quantitative estimate of drug-likeness (QED) is 0.293. The third kappa shape index (κ3) is 7.58. The van der Waals surface area contributed by atoms with Gasteiger partial charge in [-0.25, -0.2) is 0 Å². The molecule has 0 aliphatic heterocycles. The Bertz CT molecular complexity index is 752. The van der Waals surface area contributed by atoms with Crippen LogP contribution in [0.25, 0.3) is 6.08 Å². The van der Waals surface area contributed by atoms with Gasteiger partial charge in [-0.05, 0) is 30.5 Å². The summed E-state index contributed by atoms with van der Waals surface area (Å²) < 4.78 is 0. The first-order valence-electron chi connectivity index (χ1n) is 11.3. The van der Waals surface area contributed by atoms with Crippen LogP contribution in [0.15, 0.2) is 30.0 Å². The molecule has 0 radical (unpaired) electrons. The highest BCUT2D eigenvalue weighted by atomic mass is 35.5. The van der Waals surface area contributed by atoms with Gasteiger partial charge in [0.1, 0.15) is 8.07 Å². The van der Waals surface area contributed by atoms with E-state index < -0.39 is 24.2 Å². The van der Waals surface area contributed by atoms with Gasteiger partial charge in [0.05, 0.1) is 16.1 Å². The fraction of sp³-hybridized carbons (Fsp3) is 0.600. The van der Waals surface area contributed by atoms with Crippen molar-refractivity contribution in [3.63, 3.8) is 0 Å². The zero-order chi connectivity index (χ0) is 21.8. The standard InChI is InChI=1S/C25H41ClSi3/c1-27(2,3)20-18-25(16-9-8-10-17-25)29(6,7)22-21-28(4,5)19-15-23-11-13-24(26)14-12-23/h11-15,19H,8-10,16-17,21-22H2,1-7H3/b19-15+. The fourth-order valence-electron chi connectivity index (χ4n) is 4.29. The molecule has 29 heavy (non-hydrogen) atoms. The molecule has 1 fully saturated rings. The smallest absolute Gasteiger partial charge is 0.129 e. The second-order valence-electron chi connectivity index (χ2n) is 11.4. The molecule has 0 bridgehead atoms. The predicted octanol–water partition coefficient (Wildman–Crippen LogP) is 8.89. The van der Waals surface area contributed by atoms with Crippen LogP contribution < -0.4 is 0 Å². The molecule has 1 aromatic rings. The third-order valence-electron chi connectivity index (χ3n) is 6.67. The van der Waals surface area contributed by atoms with Crippen LogP contribution in [0.3, 0.4) is 0 Å². The van der Waals surface area contributed by atoms with Crippen molar-refractivity contribution in [2.45, 2.75) is 95.1 Å². The maximum absolute atomic E-state index is 6.02. The highest BCUT2D eigenvalue weighted by Crippen LogP contribution is 2.52. The van der Waals surface area contributed by atoms with E-state index in [-0.39, 0.29) is 0 Å². The van der Waals surface area contributed by atoms with Crippen LogP contribution in [0.4, 0.5) is 0 Å². The van der Waals surface area contributed by atoms with Gasteiger partial charge in [-0.1, -0.05) is 113 Å². The minimum absolute atomic E-state index is 0.357. The van der Waals surface area contributed by atoms with E-state index in [0.29, 0.717) is 5.04 Å². The second-order valence-corrected chi connectivity index (χ2v) is 26.6. The molecule has 1 aliphatic carbocycles. The lowest BCUT2D eigenvalue weighted by Crippen LogP contribution is -2.44. The van der Waals surface area contributed by atoms with Crippen molar-refractivity contribution in [2.24, 2.45) is 0 Å². The molecule has 4 heteroatoms. The van der Waals surface area contributed by atoms with E-state index in [0.717, 1.165) is 5.02 Å². The van der Waals surface area contributed by atoms with Crippen LogP contribution in [0.2, 0.25) is 68.0 Å². The summed E-state index contributed by atoms with van der Waals surface area (Å²) in [7, 11) is -4.16. The Morgan fingerprint density at radius 1 is 0.897 bits per heavy atom. The number of benzene rings is 1. The molecule has 1 aliphatic rings. The topological polar surface area (TPSA) is 0 Å². The molecule has 0 heterocycles. The van der Waals surface area contributed by atoms with Gasteiger partial charge < -0.3 is 0 Å². The molecule has 0 unspecified atom stereocenters. The lowest BCUT2D eigenvalue weighted by Gasteiger charge is -2.46. The summed E-state index contributed by atoms with van der Waals surface area (Å²) in [6.07, 6.45) is 9.20. The molecule has 2 rings (SSSR count). The first kappa shape index (κ1) is 24.7. The lowest BCUT2D eigenvalue weighted by molar-refractivity contribution is 0.431. The van der Waals surface area contributed by atoms with E-state index in [1.54, 1.807) is 0 Å². The van der Waals surface area contributed by atoms with Crippen LogP contribution in [0.1, 0.15) is 37.7 Å². The van der Waals surface area contributed by atoms with E-state index in [4.69, 9.17) is 11.6 Å². The minimum Gasteiger partial charge on any atom is -0.132 e. The Balaban J connectivity index is 2.13. The van der Waals surface area contributed by atoms with Gasteiger partial charge in [-0.15, -0.1) is 11.5 Å². The summed E-state index contributed by atoms with van der Waals surface area (Å²) in [5.74, 6) is 3.97. The molecular formula is C25H41ClSi3. The third-order valence-corrected chi connectivity index (χ3v) is 15.6. The highest BCUT2D eigenvalue weighted by Gasteiger charge is 2.46. The van der Waals surface area contributed by atoms with Gasteiger partial charge in [0.15, 0.2) is 0 Å². The largest absolute Gasteiger partial charge is 0.132 e. The van der Waals surface area contributed by atoms with E-state index in [9.17, 15) is 0 Å². The van der Waals surface area contributed by atoms with E-state index in [1.165, 1.54) is 49.8 Å². The van der Waals surface area contributed by atoms with Crippen LogP contribution in [0, 0.1) is 11.5 Å². The normalized spacial score (nSPS) is 17.8. The van der Waals surface area contributed by atoms with Crippen molar-refractivity contribution < 1.29 is 0 Å². The van der Waals surface area contributed by atoms with Crippen molar-refractivity contribution >= 4 is 41.9 Å². The summed E-state index contributed by atoms with van der Waals surface area (Å²) in [5, 5.41) is 1.17. The number of hydrogen-bond donors (Lipinski definition) is 0. The van der Waals surface area contributed by atoms with Gasteiger partial charge in [0, 0.05) is 10.1 Å². The lowest BCUT2D eigenvalue weighted by atomic mass is 9.89. The van der Waals surface area contributed by atoms with E-state index in [1.807, 2.05) is 12.1 Å². The molecule has 0 spiro atoms. The number of rotatable bonds is 6. The Labute approximate surface area is 188 Å². The zero-order valence-corrected chi connectivity index (χ0v) is 23.5. The minimum atomic E-state index is -1.45. The van der Waals surface area contributed by atoms with Crippen LogP contribution in [-0.2, 0) is 0 Å². The summed E-state index contributed by atoms with van der Waals surface area (Å²) in [5.41, 5.74) is 7.59. The van der Waals surface area contributed by atoms with Gasteiger partial charge >= 0.3 is 0 Å². The van der Waals surface area contributed by atoms with E-state index in [2.05, 4.69) is 81.2 Å². The van der Waals surface area contributed by atoms with Gasteiger partial charge in [-0.3, -0.25) is 0 Å². The van der Waals surface area contributed by atoms with Crippen LogP contribution in [-0.4, -0.2) is 24.2 Å².